The van der Waals surface area contributed by atoms with Crippen molar-refractivity contribution in [1.29, 1.82) is 0 Å². The van der Waals surface area contributed by atoms with Gasteiger partial charge in [-0.2, -0.15) is 5.10 Å². The van der Waals surface area contributed by atoms with E-state index in [2.05, 4.69) is 10.4 Å². The highest BCUT2D eigenvalue weighted by atomic mass is 16.5. The summed E-state index contributed by atoms with van der Waals surface area (Å²) in [6, 6.07) is 1.36. The predicted molar refractivity (Wildman–Crippen MR) is 81.2 cm³/mol. The number of esters is 1. The van der Waals surface area contributed by atoms with Gasteiger partial charge in [-0.15, -0.1) is 0 Å². The number of carbonyl (C=O) groups excluding carboxylic acids is 2. The highest BCUT2D eigenvalue weighted by Gasteiger charge is 2.19. The van der Waals surface area contributed by atoms with E-state index in [1.54, 1.807) is 13.8 Å². The third kappa shape index (κ3) is 4.62. The zero-order valence-corrected chi connectivity index (χ0v) is 13.3. The molecule has 1 N–H and O–H groups in total. The van der Waals surface area contributed by atoms with Crippen LogP contribution in [-0.2, 0) is 20.8 Å². The Labute approximate surface area is 133 Å². The Morgan fingerprint density at radius 2 is 2.30 bits per heavy atom. The van der Waals surface area contributed by atoms with Gasteiger partial charge in [0.05, 0.1) is 18.4 Å². The van der Waals surface area contributed by atoms with Crippen molar-refractivity contribution in [3.8, 4) is 0 Å². The molecule has 0 unspecified atom stereocenters. The van der Waals surface area contributed by atoms with Gasteiger partial charge < -0.3 is 14.8 Å². The number of aromatic nitrogens is 2. The van der Waals surface area contributed by atoms with Gasteiger partial charge in [0, 0.05) is 13.2 Å². The highest BCUT2D eigenvalue weighted by molar-refractivity contribution is 5.89. The lowest BCUT2D eigenvalue weighted by Crippen LogP contribution is -2.38. The number of hydrogen-bond donors (Lipinski definition) is 1. The summed E-state index contributed by atoms with van der Waals surface area (Å²) in [6.07, 6.45) is 1.93. The molecular weight excluding hydrogens is 302 g/mol. The fourth-order valence-electron chi connectivity index (χ4n) is 2.36. The van der Waals surface area contributed by atoms with Gasteiger partial charge in [-0.3, -0.25) is 9.59 Å². The normalized spacial score (nSPS) is 17.0. The molecule has 23 heavy (non-hydrogen) atoms. The van der Waals surface area contributed by atoms with Crippen molar-refractivity contribution in [3.63, 3.8) is 0 Å². The number of ether oxygens (including phenoxy) is 2. The van der Waals surface area contributed by atoms with Crippen molar-refractivity contribution in [2.75, 3.05) is 19.8 Å². The summed E-state index contributed by atoms with van der Waals surface area (Å²) < 4.78 is 11.2. The van der Waals surface area contributed by atoms with Gasteiger partial charge in [-0.05, 0) is 32.8 Å². The number of nitrogens with zero attached hydrogens (tertiary/aromatic N) is 2. The van der Waals surface area contributed by atoms with Gasteiger partial charge >= 0.3 is 5.97 Å². The van der Waals surface area contributed by atoms with Crippen LogP contribution in [0.5, 0.6) is 0 Å². The summed E-state index contributed by atoms with van der Waals surface area (Å²) in [4.78, 5) is 36.0. The second-order valence-electron chi connectivity index (χ2n) is 5.32. The lowest BCUT2D eigenvalue weighted by Gasteiger charge is -2.12. The molecule has 1 aliphatic rings. The number of aryl methyl sites for hydroxylation is 1. The van der Waals surface area contributed by atoms with Crippen LogP contribution in [0.2, 0.25) is 0 Å². The first-order valence-electron chi connectivity index (χ1n) is 7.65. The number of rotatable bonds is 6. The van der Waals surface area contributed by atoms with Crippen LogP contribution in [0.1, 0.15) is 35.8 Å². The topological polar surface area (TPSA) is 99.5 Å². The fraction of sp³-hybridized carbons (Fsp3) is 0.600. The third-order valence-electron chi connectivity index (χ3n) is 3.44. The largest absolute Gasteiger partial charge is 0.462 e. The molecule has 0 bridgehead atoms. The number of amides is 1. The van der Waals surface area contributed by atoms with Crippen LogP contribution in [0, 0.1) is 6.92 Å². The summed E-state index contributed by atoms with van der Waals surface area (Å²) in [6.45, 7) is 4.33. The molecular formula is C15H21N3O5. The molecule has 2 rings (SSSR count). The van der Waals surface area contributed by atoms with E-state index in [0.717, 1.165) is 17.5 Å². The smallest absolute Gasteiger partial charge is 0.343 e. The van der Waals surface area contributed by atoms with Crippen molar-refractivity contribution >= 4 is 11.9 Å². The van der Waals surface area contributed by atoms with E-state index < -0.39 is 11.5 Å². The lowest BCUT2D eigenvalue weighted by atomic mass is 10.2. The van der Waals surface area contributed by atoms with E-state index in [1.807, 2.05) is 0 Å². The molecule has 0 aromatic carbocycles. The van der Waals surface area contributed by atoms with Gasteiger partial charge in [0.1, 0.15) is 12.1 Å². The van der Waals surface area contributed by atoms with Crippen LogP contribution >= 0.6 is 0 Å². The predicted octanol–water partition coefficient (Wildman–Crippen LogP) is 0.0236. The average molecular weight is 323 g/mol. The van der Waals surface area contributed by atoms with Crippen LogP contribution in [0.4, 0.5) is 0 Å². The van der Waals surface area contributed by atoms with E-state index in [0.29, 0.717) is 18.8 Å². The van der Waals surface area contributed by atoms with Crippen LogP contribution in [0.3, 0.4) is 0 Å². The Bertz CT molecular complexity index is 634. The van der Waals surface area contributed by atoms with E-state index in [1.165, 1.54) is 6.07 Å². The van der Waals surface area contributed by atoms with Crippen LogP contribution in [-0.4, -0.2) is 47.5 Å². The SMILES string of the molecule is CCOC(=O)c1cc(C)nn(CC(=O)NC[C@@H]2CCCO2)c1=O. The van der Waals surface area contributed by atoms with Crippen molar-refractivity contribution in [2.45, 2.75) is 39.3 Å². The second kappa shape index (κ2) is 7.87. The van der Waals surface area contributed by atoms with Gasteiger partial charge in [0.15, 0.2) is 0 Å². The van der Waals surface area contributed by atoms with Gasteiger partial charge in [-0.1, -0.05) is 0 Å². The number of nitrogens with one attached hydrogen (secondary N) is 1. The lowest BCUT2D eigenvalue weighted by molar-refractivity contribution is -0.122. The zero-order chi connectivity index (χ0) is 16.8. The molecule has 1 aromatic rings. The quantitative estimate of drug-likeness (QED) is 0.741. The summed E-state index contributed by atoms with van der Waals surface area (Å²) in [7, 11) is 0. The summed E-state index contributed by atoms with van der Waals surface area (Å²) >= 11 is 0. The van der Waals surface area contributed by atoms with E-state index in [-0.39, 0.29) is 30.7 Å². The molecule has 0 spiro atoms. The first-order valence-corrected chi connectivity index (χ1v) is 7.65. The van der Waals surface area contributed by atoms with E-state index >= 15 is 0 Å². The highest BCUT2D eigenvalue weighted by Crippen LogP contribution is 2.10. The van der Waals surface area contributed by atoms with E-state index in [9.17, 15) is 14.4 Å². The molecule has 1 atom stereocenters. The molecule has 1 aromatic heterocycles. The maximum absolute atomic E-state index is 12.2. The Hall–Kier alpha value is -2.22. The molecule has 126 valence electrons. The molecule has 2 heterocycles. The summed E-state index contributed by atoms with van der Waals surface area (Å²) in [5.74, 6) is -1.06. The first kappa shape index (κ1) is 17.1. The van der Waals surface area contributed by atoms with E-state index in [4.69, 9.17) is 9.47 Å². The Morgan fingerprint density at radius 3 is 2.96 bits per heavy atom. The van der Waals surface area contributed by atoms with Crippen molar-refractivity contribution in [2.24, 2.45) is 0 Å². The van der Waals surface area contributed by atoms with Crippen molar-refractivity contribution in [3.05, 3.63) is 27.7 Å². The van der Waals surface area contributed by atoms with Crippen LogP contribution in [0.15, 0.2) is 10.9 Å². The van der Waals surface area contributed by atoms with Gasteiger partial charge in [0.25, 0.3) is 5.56 Å². The monoisotopic (exact) mass is 323 g/mol. The molecule has 0 radical (unpaired) electrons. The maximum atomic E-state index is 12.2. The van der Waals surface area contributed by atoms with Crippen LogP contribution < -0.4 is 10.9 Å². The molecule has 1 saturated heterocycles. The standard InChI is InChI=1S/C15H21N3O5/c1-3-22-15(21)12-7-10(2)17-18(14(12)20)9-13(19)16-8-11-5-4-6-23-11/h7,11H,3-6,8-9H2,1-2H3,(H,16,19)/t11-/m0/s1. The fourth-order valence-corrected chi connectivity index (χ4v) is 2.36. The minimum Gasteiger partial charge on any atom is -0.462 e. The molecule has 1 aliphatic heterocycles. The Balaban J connectivity index is 2.05. The Morgan fingerprint density at radius 1 is 1.52 bits per heavy atom. The summed E-state index contributed by atoms with van der Waals surface area (Å²) in [5, 5.41) is 6.71. The molecule has 1 amide bonds. The average Bonchev–Trinajstić information content (AvgIpc) is 3.02. The number of carbonyl (C=O) groups is 2. The minimum atomic E-state index is -0.712. The zero-order valence-electron chi connectivity index (χ0n) is 13.3. The maximum Gasteiger partial charge on any atom is 0.343 e. The minimum absolute atomic E-state index is 0.0243. The van der Waals surface area contributed by atoms with Gasteiger partial charge in [0.2, 0.25) is 5.91 Å². The third-order valence-corrected chi connectivity index (χ3v) is 3.44. The van der Waals surface area contributed by atoms with Crippen molar-refractivity contribution < 1.29 is 19.1 Å². The van der Waals surface area contributed by atoms with Crippen molar-refractivity contribution in [1.82, 2.24) is 15.1 Å². The molecule has 8 heteroatoms. The Kier molecular flexibility index (Phi) is 5.86. The van der Waals surface area contributed by atoms with Crippen LogP contribution in [0.25, 0.3) is 0 Å². The molecule has 1 fully saturated rings. The first-order chi connectivity index (χ1) is 11.0. The molecule has 0 aliphatic carbocycles. The second-order valence-corrected chi connectivity index (χ2v) is 5.32. The summed E-state index contributed by atoms with van der Waals surface area (Å²) in [5.41, 5.74) is -0.299. The van der Waals surface area contributed by atoms with Gasteiger partial charge in [-0.25, -0.2) is 9.48 Å². The molecule has 0 saturated carbocycles. The number of hydrogen-bond acceptors (Lipinski definition) is 6. The molecule has 8 nitrogen and oxygen atoms in total.